The average Bonchev–Trinajstić information content (AvgIpc) is 1.82. The van der Waals surface area contributed by atoms with Crippen molar-refractivity contribution in [2.45, 2.75) is 97.3 Å². The Hall–Kier alpha value is 1.00. The van der Waals surface area contributed by atoms with Gasteiger partial charge in [0.15, 0.2) is 16.6 Å². The molecule has 0 aromatic carbocycles. The van der Waals surface area contributed by atoms with Gasteiger partial charge in [-0.2, -0.15) is 0 Å². The third-order valence-electron chi connectivity index (χ3n) is 2.16. The predicted molar refractivity (Wildman–Crippen MR) is 118 cm³/mol. The van der Waals surface area contributed by atoms with E-state index in [-0.39, 0.29) is 0 Å². The molecule has 0 atom stereocenters. The van der Waals surface area contributed by atoms with Crippen LogP contribution in [-0.2, 0) is 8.23 Å². The molecule has 2 nitrogen and oxygen atoms in total. The summed E-state index contributed by atoms with van der Waals surface area (Å²) in [6.45, 7) is 32.4. The summed E-state index contributed by atoms with van der Waals surface area (Å²) >= 11 is 0. The van der Waals surface area contributed by atoms with Crippen molar-refractivity contribution in [2.24, 2.45) is 0 Å². The number of rotatable bonds is 6. The molecule has 0 aliphatic carbocycles. The van der Waals surface area contributed by atoms with E-state index >= 15 is 0 Å². The van der Waals surface area contributed by atoms with Gasteiger partial charge in [0.05, 0.1) is 0 Å². The maximum atomic E-state index is 6.09. The quantitative estimate of drug-likeness (QED) is 0.471. The van der Waals surface area contributed by atoms with Crippen LogP contribution in [0, 0.1) is 0 Å². The summed E-state index contributed by atoms with van der Waals surface area (Å²) < 4.78 is 12.2. The van der Waals surface area contributed by atoms with Crippen LogP contribution in [0.4, 0.5) is 0 Å². The lowest BCUT2D eigenvalue weighted by atomic mass is 11.7. The molecule has 0 spiro atoms. The van der Waals surface area contributed by atoms with Gasteiger partial charge in [-0.05, 0) is 52.4 Å². The highest BCUT2D eigenvalue weighted by Crippen LogP contribution is 2.20. The van der Waals surface area contributed by atoms with Crippen molar-refractivity contribution in [3.8, 4) is 0 Å². The molecule has 0 aromatic heterocycles. The normalized spacial score (nSPS) is 14.5. The lowest BCUT2D eigenvalue weighted by molar-refractivity contribution is 0.395. The van der Waals surface area contributed by atoms with Crippen molar-refractivity contribution >= 4 is 41.3 Å². The molecule has 0 heterocycles. The van der Waals surface area contributed by atoms with Crippen molar-refractivity contribution in [3.63, 3.8) is 0 Å². The minimum absolute atomic E-state index is 0.731. The Kier molecular flexibility index (Phi) is 9.63. The molecule has 0 rings (SSSR count). The summed E-state index contributed by atoms with van der Waals surface area (Å²) in [5, 5.41) is 0. The highest BCUT2D eigenvalue weighted by atomic mass is 28.5. The van der Waals surface area contributed by atoms with Crippen LogP contribution >= 0.6 is 0 Å². The summed E-state index contributed by atoms with van der Waals surface area (Å²) in [6.07, 6.45) is 0. The Bertz CT molecular complexity index is 287. The molecule has 0 aliphatic rings. The van der Waals surface area contributed by atoms with Crippen LogP contribution in [-0.4, -0.2) is 41.3 Å². The van der Waals surface area contributed by atoms with E-state index in [4.69, 9.17) is 8.23 Å². The molecule has 0 aromatic rings. The van der Waals surface area contributed by atoms with Gasteiger partial charge in [0, 0.05) is 16.1 Å². The Labute approximate surface area is 146 Å². The van der Waals surface area contributed by atoms with Crippen LogP contribution in [0.3, 0.4) is 0 Å². The summed E-state index contributed by atoms with van der Waals surface area (Å²) in [6, 6.07) is 0. The molecular formula is C15H44O2Si5. The van der Waals surface area contributed by atoms with E-state index in [1.54, 1.807) is 5.67 Å². The topological polar surface area (TPSA) is 18.5 Å². The molecule has 0 N–H and O–H groups in total. The average molecular weight is 397 g/mol. The van der Waals surface area contributed by atoms with Crippen molar-refractivity contribution in [3.05, 3.63) is 0 Å². The van der Waals surface area contributed by atoms with Crippen LogP contribution < -0.4 is 0 Å². The second-order valence-corrected chi connectivity index (χ2v) is 35.7. The van der Waals surface area contributed by atoms with Gasteiger partial charge in [-0.25, -0.2) is 0 Å². The van der Waals surface area contributed by atoms with E-state index in [1.165, 1.54) is 0 Å². The summed E-state index contributed by atoms with van der Waals surface area (Å²) in [7, 11) is -6.18. The van der Waals surface area contributed by atoms with Gasteiger partial charge in [0.2, 0.25) is 0 Å². The molecule has 0 fully saturated rings. The zero-order valence-corrected chi connectivity index (χ0v) is 23.0. The molecule has 0 unspecified atom stereocenters. The molecule has 0 amide bonds. The van der Waals surface area contributed by atoms with Gasteiger partial charge in [-0.1, -0.05) is 44.9 Å². The fourth-order valence-corrected chi connectivity index (χ4v) is 28.2. The van der Waals surface area contributed by atoms with Crippen molar-refractivity contribution < 1.29 is 8.23 Å². The first-order chi connectivity index (χ1) is 9.12. The third kappa shape index (κ3) is 23.3. The Morgan fingerprint density at radius 1 is 0.455 bits per heavy atom. The zero-order chi connectivity index (χ0) is 18.6. The van der Waals surface area contributed by atoms with Crippen molar-refractivity contribution in [2.75, 3.05) is 0 Å². The minimum atomic E-state index is -1.85. The Balaban J connectivity index is 0. The van der Waals surface area contributed by atoms with Crippen LogP contribution in [0.1, 0.15) is 0 Å². The predicted octanol–water partition coefficient (Wildman–Crippen LogP) is 6.59. The fourth-order valence-electron chi connectivity index (χ4n) is 3.09. The molecule has 0 saturated carbocycles. The van der Waals surface area contributed by atoms with E-state index in [9.17, 15) is 0 Å². The van der Waals surface area contributed by atoms with Gasteiger partial charge in [-0.3, -0.25) is 0 Å². The molecule has 0 saturated heterocycles. The largest absolute Gasteiger partial charge is 0.437 e. The van der Waals surface area contributed by atoms with E-state index in [1.807, 2.05) is 0 Å². The summed E-state index contributed by atoms with van der Waals surface area (Å²) in [4.78, 5) is 0. The first-order valence-corrected chi connectivity index (χ1v) is 25.6. The molecule has 22 heavy (non-hydrogen) atoms. The molecule has 7 heteroatoms. The second kappa shape index (κ2) is 8.40. The van der Waals surface area contributed by atoms with E-state index in [0.29, 0.717) is 0 Å². The monoisotopic (exact) mass is 396 g/mol. The van der Waals surface area contributed by atoms with Gasteiger partial charge in [0.25, 0.3) is 0 Å². The molecule has 0 aliphatic heterocycles. The van der Waals surface area contributed by atoms with Gasteiger partial charge in [-0.15, -0.1) is 0 Å². The van der Waals surface area contributed by atoms with E-state index < -0.39 is 41.3 Å². The van der Waals surface area contributed by atoms with E-state index in [0.717, 1.165) is 0 Å². The summed E-state index contributed by atoms with van der Waals surface area (Å²) in [5.41, 5.74) is 1.57. The van der Waals surface area contributed by atoms with E-state index in [2.05, 4.69) is 91.7 Å². The highest BCUT2D eigenvalue weighted by Gasteiger charge is 2.35. The maximum Gasteiger partial charge on any atom is 0.311 e. The molecular weight excluding hydrogens is 353 g/mol. The lowest BCUT2D eigenvalue weighted by Gasteiger charge is -2.35. The molecule has 136 valence electrons. The number of hydrogen-bond donors (Lipinski definition) is 0. The maximum absolute atomic E-state index is 6.09. The fraction of sp³-hybridized carbons (Fsp3) is 1.00. The minimum Gasteiger partial charge on any atom is -0.437 e. The van der Waals surface area contributed by atoms with Crippen molar-refractivity contribution in [1.29, 1.82) is 0 Å². The summed E-state index contributed by atoms with van der Waals surface area (Å²) in [5.74, 6) is 0. The second-order valence-electron chi connectivity index (χ2n) is 11.1. The Morgan fingerprint density at radius 2 is 0.682 bits per heavy atom. The molecule has 0 radical (unpaired) electrons. The van der Waals surface area contributed by atoms with Gasteiger partial charge in [0.1, 0.15) is 0 Å². The van der Waals surface area contributed by atoms with Gasteiger partial charge < -0.3 is 8.23 Å². The third-order valence-corrected chi connectivity index (χ3v) is 19.5. The van der Waals surface area contributed by atoms with Crippen LogP contribution in [0.2, 0.25) is 97.3 Å². The SMILES string of the molecule is C[Si](C)(C)C[Si](C)(C)C.C[Si](C)(C)O[Si](C)(C)O[Si](C)(C)C. The standard InChI is InChI=1S/C8H24O2Si3.C7H20Si2/c1-11(2,3)9-13(7,8)10-12(4,5)6;1-8(2,3)7-9(4,5)6/h1-8H3;7H2,1-6H3. The van der Waals surface area contributed by atoms with Gasteiger partial charge >= 0.3 is 8.56 Å². The Morgan fingerprint density at radius 3 is 0.773 bits per heavy atom. The molecule has 0 bridgehead atoms. The van der Waals surface area contributed by atoms with Crippen molar-refractivity contribution in [1.82, 2.24) is 0 Å². The smallest absolute Gasteiger partial charge is 0.311 e. The number of hydrogen-bond acceptors (Lipinski definition) is 2. The van der Waals surface area contributed by atoms with Crippen LogP contribution in [0.25, 0.3) is 0 Å². The zero-order valence-electron chi connectivity index (χ0n) is 18.0. The first-order valence-electron chi connectivity index (χ1n) is 8.52. The lowest BCUT2D eigenvalue weighted by Crippen LogP contribution is -2.50. The van der Waals surface area contributed by atoms with Crippen LogP contribution in [0.5, 0.6) is 0 Å². The first kappa shape index (κ1) is 25.2. The highest BCUT2D eigenvalue weighted by molar-refractivity contribution is 6.94. The van der Waals surface area contributed by atoms with Crippen LogP contribution in [0.15, 0.2) is 0 Å².